The van der Waals surface area contributed by atoms with Gasteiger partial charge in [0, 0.05) is 31.5 Å². The van der Waals surface area contributed by atoms with Crippen LogP contribution < -0.4 is 5.32 Å². The van der Waals surface area contributed by atoms with E-state index in [0.717, 1.165) is 12.0 Å². The summed E-state index contributed by atoms with van der Waals surface area (Å²) in [6.45, 7) is 5.75. The summed E-state index contributed by atoms with van der Waals surface area (Å²) in [7, 11) is -1.90. The molecular formula is C22H28N2O4S. The SMILES string of the molecule is COCc1ccc(C(=O)Nc2ccc(S(=O)(=O)N3C[C@H](C)C[C@H](C)C3)cc2)cc1. The smallest absolute Gasteiger partial charge is 0.255 e. The van der Waals surface area contributed by atoms with E-state index < -0.39 is 10.0 Å². The van der Waals surface area contributed by atoms with Gasteiger partial charge in [-0.25, -0.2) is 8.42 Å². The predicted molar refractivity (Wildman–Crippen MR) is 113 cm³/mol. The molecule has 2 atom stereocenters. The molecule has 156 valence electrons. The lowest BCUT2D eigenvalue weighted by Gasteiger charge is -2.34. The standard InChI is InChI=1S/C22H28N2O4S/c1-16-12-17(2)14-24(13-16)29(26,27)21-10-8-20(9-11-21)23-22(25)19-6-4-18(5-7-19)15-28-3/h4-11,16-17H,12-15H2,1-3H3,(H,23,25)/t16-,17+. The molecule has 1 saturated heterocycles. The Labute approximate surface area is 172 Å². The van der Waals surface area contributed by atoms with Gasteiger partial charge >= 0.3 is 0 Å². The third-order valence-corrected chi connectivity index (χ3v) is 6.96. The molecule has 0 spiro atoms. The second kappa shape index (κ2) is 9.07. The molecule has 0 radical (unpaired) electrons. The van der Waals surface area contributed by atoms with Gasteiger partial charge in [-0.1, -0.05) is 26.0 Å². The molecule has 0 aliphatic carbocycles. The van der Waals surface area contributed by atoms with Gasteiger partial charge < -0.3 is 10.1 Å². The summed E-state index contributed by atoms with van der Waals surface area (Å²) in [5.74, 6) is 0.452. The summed E-state index contributed by atoms with van der Waals surface area (Å²) >= 11 is 0. The van der Waals surface area contributed by atoms with E-state index in [0.29, 0.717) is 42.8 Å². The molecule has 1 amide bonds. The van der Waals surface area contributed by atoms with E-state index >= 15 is 0 Å². The van der Waals surface area contributed by atoms with Crippen molar-refractivity contribution in [3.63, 3.8) is 0 Å². The minimum atomic E-state index is -3.53. The van der Waals surface area contributed by atoms with E-state index in [1.54, 1.807) is 47.8 Å². The topological polar surface area (TPSA) is 75.7 Å². The molecule has 0 saturated carbocycles. The van der Waals surface area contributed by atoms with Crippen LogP contribution in [-0.2, 0) is 21.4 Å². The molecule has 2 aromatic carbocycles. The molecule has 1 aliphatic rings. The Balaban J connectivity index is 1.68. The zero-order valence-electron chi connectivity index (χ0n) is 17.1. The largest absolute Gasteiger partial charge is 0.380 e. The minimum Gasteiger partial charge on any atom is -0.380 e. The van der Waals surface area contributed by atoms with Crippen LogP contribution in [0, 0.1) is 11.8 Å². The highest BCUT2D eigenvalue weighted by atomic mass is 32.2. The summed E-state index contributed by atoms with van der Waals surface area (Å²) in [5.41, 5.74) is 2.06. The van der Waals surface area contributed by atoms with Gasteiger partial charge in [0.15, 0.2) is 0 Å². The average Bonchev–Trinajstić information content (AvgIpc) is 2.68. The van der Waals surface area contributed by atoms with Crippen LogP contribution in [0.2, 0.25) is 0 Å². The van der Waals surface area contributed by atoms with Crippen molar-refractivity contribution in [3.05, 3.63) is 59.7 Å². The van der Waals surface area contributed by atoms with Crippen LogP contribution in [0.25, 0.3) is 0 Å². The first-order valence-electron chi connectivity index (χ1n) is 9.79. The average molecular weight is 417 g/mol. The van der Waals surface area contributed by atoms with E-state index in [-0.39, 0.29) is 10.8 Å². The molecule has 0 unspecified atom stereocenters. The van der Waals surface area contributed by atoms with Crippen LogP contribution >= 0.6 is 0 Å². The number of anilines is 1. The Morgan fingerprint density at radius 3 is 2.17 bits per heavy atom. The number of sulfonamides is 1. The first-order valence-corrected chi connectivity index (χ1v) is 11.2. The molecule has 1 aliphatic heterocycles. The molecular weight excluding hydrogens is 388 g/mol. The van der Waals surface area contributed by atoms with Gasteiger partial charge in [-0.05, 0) is 60.2 Å². The fourth-order valence-corrected chi connectivity index (χ4v) is 5.46. The second-order valence-corrected chi connectivity index (χ2v) is 9.81. The van der Waals surface area contributed by atoms with Crippen molar-refractivity contribution in [3.8, 4) is 0 Å². The summed E-state index contributed by atoms with van der Waals surface area (Å²) < 4.78 is 32.5. The highest BCUT2D eigenvalue weighted by Crippen LogP contribution is 2.27. The van der Waals surface area contributed by atoms with Crippen LogP contribution in [0.3, 0.4) is 0 Å². The maximum absolute atomic E-state index is 12.9. The highest BCUT2D eigenvalue weighted by molar-refractivity contribution is 7.89. The summed E-state index contributed by atoms with van der Waals surface area (Å²) in [5, 5.41) is 2.80. The number of hydrogen-bond acceptors (Lipinski definition) is 4. The van der Waals surface area contributed by atoms with E-state index in [1.807, 2.05) is 12.1 Å². The van der Waals surface area contributed by atoms with Gasteiger partial charge in [0.05, 0.1) is 11.5 Å². The van der Waals surface area contributed by atoms with Gasteiger partial charge in [-0.2, -0.15) is 4.31 Å². The second-order valence-electron chi connectivity index (χ2n) is 7.88. The summed E-state index contributed by atoms with van der Waals surface area (Å²) in [6, 6.07) is 13.5. The molecule has 3 rings (SSSR count). The van der Waals surface area contributed by atoms with Crippen molar-refractivity contribution < 1.29 is 17.9 Å². The maximum atomic E-state index is 12.9. The number of hydrogen-bond donors (Lipinski definition) is 1. The van der Waals surface area contributed by atoms with Crippen LogP contribution in [0.1, 0.15) is 36.2 Å². The molecule has 29 heavy (non-hydrogen) atoms. The molecule has 1 fully saturated rings. The number of nitrogens with one attached hydrogen (secondary N) is 1. The maximum Gasteiger partial charge on any atom is 0.255 e. The molecule has 7 heteroatoms. The number of nitrogens with zero attached hydrogens (tertiary/aromatic N) is 1. The van der Waals surface area contributed by atoms with E-state index in [2.05, 4.69) is 19.2 Å². The van der Waals surface area contributed by atoms with Crippen LogP contribution in [-0.4, -0.2) is 38.8 Å². The number of carbonyl (C=O) groups is 1. The molecule has 6 nitrogen and oxygen atoms in total. The normalized spacial score (nSPS) is 20.4. The Bertz CT molecular complexity index is 930. The van der Waals surface area contributed by atoms with Gasteiger partial charge in [-0.3, -0.25) is 4.79 Å². The van der Waals surface area contributed by atoms with E-state index in [4.69, 9.17) is 4.74 Å². The third kappa shape index (κ3) is 5.23. The lowest BCUT2D eigenvalue weighted by molar-refractivity contribution is 0.102. The first-order chi connectivity index (χ1) is 13.8. The fraction of sp³-hybridized carbons (Fsp3) is 0.409. The number of rotatable bonds is 6. The van der Waals surface area contributed by atoms with Crippen LogP contribution in [0.15, 0.2) is 53.4 Å². The third-order valence-electron chi connectivity index (χ3n) is 5.11. The lowest BCUT2D eigenvalue weighted by Crippen LogP contribution is -2.42. The number of carbonyl (C=O) groups excluding carboxylic acids is 1. The Hall–Kier alpha value is -2.22. The fourth-order valence-electron chi connectivity index (χ4n) is 3.78. The first kappa shape index (κ1) is 21.5. The summed E-state index contributed by atoms with van der Waals surface area (Å²) in [4.78, 5) is 12.7. The van der Waals surface area contributed by atoms with Crippen molar-refractivity contribution in [1.82, 2.24) is 4.31 Å². The molecule has 0 bridgehead atoms. The Kier molecular flexibility index (Phi) is 6.72. The van der Waals surface area contributed by atoms with Gasteiger partial charge in [0.1, 0.15) is 0 Å². The Morgan fingerprint density at radius 2 is 1.62 bits per heavy atom. The van der Waals surface area contributed by atoms with Gasteiger partial charge in [0.25, 0.3) is 5.91 Å². The van der Waals surface area contributed by atoms with E-state index in [9.17, 15) is 13.2 Å². The number of amides is 1. The predicted octanol–water partition coefficient (Wildman–Crippen LogP) is 3.75. The molecule has 1 heterocycles. The number of benzene rings is 2. The molecule has 1 N–H and O–H groups in total. The van der Waals surface area contributed by atoms with Crippen LogP contribution in [0.5, 0.6) is 0 Å². The van der Waals surface area contributed by atoms with Crippen molar-refractivity contribution >= 4 is 21.6 Å². The van der Waals surface area contributed by atoms with Crippen molar-refractivity contribution in [1.29, 1.82) is 0 Å². The van der Waals surface area contributed by atoms with Crippen molar-refractivity contribution in [2.24, 2.45) is 11.8 Å². The number of piperidine rings is 1. The monoisotopic (exact) mass is 416 g/mol. The van der Waals surface area contributed by atoms with E-state index in [1.165, 1.54) is 0 Å². The van der Waals surface area contributed by atoms with Gasteiger partial charge in [0.2, 0.25) is 10.0 Å². The highest BCUT2D eigenvalue weighted by Gasteiger charge is 2.31. The van der Waals surface area contributed by atoms with Gasteiger partial charge in [-0.15, -0.1) is 0 Å². The summed E-state index contributed by atoms with van der Waals surface area (Å²) in [6.07, 6.45) is 1.05. The lowest BCUT2D eigenvalue weighted by atomic mass is 9.94. The zero-order chi connectivity index (χ0) is 21.0. The van der Waals surface area contributed by atoms with Crippen molar-refractivity contribution in [2.75, 3.05) is 25.5 Å². The Morgan fingerprint density at radius 1 is 1.03 bits per heavy atom. The number of ether oxygens (including phenoxy) is 1. The quantitative estimate of drug-likeness (QED) is 0.778. The molecule has 0 aromatic heterocycles. The minimum absolute atomic E-state index is 0.247. The van der Waals surface area contributed by atoms with Crippen LogP contribution in [0.4, 0.5) is 5.69 Å². The molecule has 2 aromatic rings. The van der Waals surface area contributed by atoms with Crippen molar-refractivity contribution in [2.45, 2.75) is 31.8 Å². The zero-order valence-corrected chi connectivity index (χ0v) is 17.9. The number of methoxy groups -OCH3 is 1.